The molecule has 0 aliphatic rings. The highest BCUT2D eigenvalue weighted by molar-refractivity contribution is 6.30. The van der Waals surface area contributed by atoms with E-state index in [1.165, 1.54) is 25.5 Å². The Labute approximate surface area is 184 Å². The fraction of sp³-hybridized carbons (Fsp3) is 0.130. The summed E-state index contributed by atoms with van der Waals surface area (Å²) in [6.07, 6.45) is 1.46. The normalized spacial score (nSPS) is 10.7. The topological polar surface area (TPSA) is 69.2 Å². The van der Waals surface area contributed by atoms with Crippen LogP contribution in [0.5, 0.6) is 11.5 Å². The largest absolute Gasteiger partial charge is 0.493 e. The Morgan fingerprint density at radius 2 is 1.81 bits per heavy atom. The molecule has 0 aliphatic heterocycles. The summed E-state index contributed by atoms with van der Waals surface area (Å²) < 4.78 is 24.1. The van der Waals surface area contributed by atoms with Crippen LogP contribution in [0.4, 0.5) is 10.1 Å². The Bertz CT molecular complexity index is 1040. The van der Waals surface area contributed by atoms with Gasteiger partial charge in [0.1, 0.15) is 12.4 Å². The number of halogens is 2. The van der Waals surface area contributed by atoms with Crippen molar-refractivity contribution in [3.05, 3.63) is 88.7 Å². The molecule has 0 spiro atoms. The Hall–Kier alpha value is -3.58. The summed E-state index contributed by atoms with van der Waals surface area (Å²) in [6.45, 7) is 0.0328. The Balaban J connectivity index is 1.50. The van der Waals surface area contributed by atoms with Crippen molar-refractivity contribution in [2.24, 2.45) is 5.16 Å². The summed E-state index contributed by atoms with van der Waals surface area (Å²) in [5, 5.41) is 7.06. The predicted octanol–water partition coefficient (Wildman–Crippen LogP) is 5.06. The Morgan fingerprint density at radius 1 is 1.06 bits per heavy atom. The average molecular weight is 443 g/mol. The lowest BCUT2D eigenvalue weighted by molar-refractivity contribution is -0.120. The van der Waals surface area contributed by atoms with E-state index in [0.717, 1.165) is 5.56 Å². The van der Waals surface area contributed by atoms with Crippen LogP contribution in [0.25, 0.3) is 0 Å². The first-order valence-electron chi connectivity index (χ1n) is 9.29. The zero-order chi connectivity index (χ0) is 22.1. The van der Waals surface area contributed by atoms with E-state index < -0.39 is 0 Å². The monoisotopic (exact) mass is 442 g/mol. The van der Waals surface area contributed by atoms with Gasteiger partial charge in [0.25, 0.3) is 5.91 Å². The number of carbonyl (C=O) groups is 1. The lowest BCUT2D eigenvalue weighted by Crippen LogP contribution is -2.16. The van der Waals surface area contributed by atoms with E-state index in [1.807, 2.05) is 0 Å². The number of hydrogen-bond donors (Lipinski definition) is 1. The number of hydrogen-bond acceptors (Lipinski definition) is 5. The van der Waals surface area contributed by atoms with Gasteiger partial charge in [-0.05, 0) is 60.2 Å². The molecular weight excluding hydrogens is 423 g/mol. The number of nitrogens with zero attached hydrogens (tertiary/aromatic N) is 1. The highest BCUT2D eigenvalue weighted by Gasteiger charge is 2.06. The van der Waals surface area contributed by atoms with Gasteiger partial charge in [0.2, 0.25) is 0 Å². The molecule has 0 aliphatic carbocycles. The minimum atomic E-state index is -0.346. The molecule has 3 aromatic carbocycles. The second-order valence-corrected chi connectivity index (χ2v) is 6.82. The molecule has 31 heavy (non-hydrogen) atoms. The first-order valence-corrected chi connectivity index (χ1v) is 9.67. The quantitative estimate of drug-likeness (QED) is 0.371. The van der Waals surface area contributed by atoms with Crippen LogP contribution in [0.15, 0.2) is 71.9 Å². The molecule has 0 saturated carbocycles. The number of nitrogens with one attached hydrogen (secondary N) is 1. The van der Waals surface area contributed by atoms with Crippen LogP contribution >= 0.6 is 11.6 Å². The zero-order valence-corrected chi connectivity index (χ0v) is 17.4. The Kier molecular flexibility index (Phi) is 7.84. The third-order valence-corrected chi connectivity index (χ3v) is 4.35. The van der Waals surface area contributed by atoms with Crippen molar-refractivity contribution in [2.75, 3.05) is 19.0 Å². The highest BCUT2D eigenvalue weighted by Crippen LogP contribution is 2.28. The van der Waals surface area contributed by atoms with Crippen LogP contribution in [0.1, 0.15) is 11.1 Å². The number of rotatable bonds is 9. The van der Waals surface area contributed by atoms with Crippen molar-refractivity contribution < 1.29 is 23.5 Å². The van der Waals surface area contributed by atoms with E-state index in [9.17, 15) is 9.18 Å². The standard InChI is InChI=1S/C23H20ClFN2O4/c1-29-22-12-17(4-11-21(22)30-14-16-2-7-19(25)8-3-16)13-26-31-15-23(28)27-20-9-5-18(24)6-10-20/h2-13H,14-15H2,1H3,(H,27,28). The van der Waals surface area contributed by atoms with Crippen LogP contribution in [-0.4, -0.2) is 25.8 Å². The van der Waals surface area contributed by atoms with Crippen LogP contribution in [-0.2, 0) is 16.2 Å². The molecule has 3 aromatic rings. The van der Waals surface area contributed by atoms with Gasteiger partial charge in [-0.1, -0.05) is 28.9 Å². The molecule has 160 valence electrons. The molecule has 0 aromatic heterocycles. The van der Waals surface area contributed by atoms with Gasteiger partial charge in [0.05, 0.1) is 13.3 Å². The predicted molar refractivity (Wildman–Crippen MR) is 117 cm³/mol. The van der Waals surface area contributed by atoms with Gasteiger partial charge in [-0.3, -0.25) is 4.79 Å². The van der Waals surface area contributed by atoms with E-state index in [2.05, 4.69) is 10.5 Å². The molecule has 3 rings (SSSR count). The van der Waals surface area contributed by atoms with Crippen molar-refractivity contribution >= 4 is 29.4 Å². The molecule has 0 bridgehead atoms. The highest BCUT2D eigenvalue weighted by atomic mass is 35.5. The second-order valence-electron chi connectivity index (χ2n) is 6.39. The summed E-state index contributed by atoms with van der Waals surface area (Å²) in [5.74, 6) is 0.398. The fourth-order valence-electron chi connectivity index (χ4n) is 2.55. The van der Waals surface area contributed by atoms with Crippen LogP contribution in [0.2, 0.25) is 5.02 Å². The maximum atomic E-state index is 13.0. The van der Waals surface area contributed by atoms with Gasteiger partial charge < -0.3 is 19.6 Å². The van der Waals surface area contributed by atoms with Gasteiger partial charge in [0, 0.05) is 16.3 Å². The fourth-order valence-corrected chi connectivity index (χ4v) is 2.68. The molecule has 0 saturated heterocycles. The van der Waals surface area contributed by atoms with Crippen molar-refractivity contribution in [1.29, 1.82) is 0 Å². The maximum absolute atomic E-state index is 13.0. The number of carbonyl (C=O) groups excluding carboxylic acids is 1. The van der Waals surface area contributed by atoms with Gasteiger partial charge in [-0.15, -0.1) is 0 Å². The molecular formula is C23H20ClFN2O4. The van der Waals surface area contributed by atoms with E-state index in [0.29, 0.717) is 27.8 Å². The van der Waals surface area contributed by atoms with E-state index in [1.54, 1.807) is 54.6 Å². The van der Waals surface area contributed by atoms with Crippen molar-refractivity contribution in [3.63, 3.8) is 0 Å². The summed E-state index contributed by atoms with van der Waals surface area (Å²) >= 11 is 5.81. The van der Waals surface area contributed by atoms with Gasteiger partial charge in [-0.2, -0.15) is 0 Å². The molecule has 0 heterocycles. The summed E-state index contributed by atoms with van der Waals surface area (Å²) in [5.41, 5.74) is 2.14. The number of oxime groups is 1. The molecule has 0 atom stereocenters. The third-order valence-electron chi connectivity index (χ3n) is 4.10. The number of anilines is 1. The van der Waals surface area contributed by atoms with Crippen molar-refractivity contribution in [2.45, 2.75) is 6.61 Å². The average Bonchev–Trinajstić information content (AvgIpc) is 2.78. The summed E-state index contributed by atoms with van der Waals surface area (Å²) in [7, 11) is 1.53. The number of methoxy groups -OCH3 is 1. The first kappa shape index (κ1) is 22.1. The van der Waals surface area contributed by atoms with Crippen LogP contribution in [0, 0.1) is 5.82 Å². The van der Waals surface area contributed by atoms with E-state index >= 15 is 0 Å². The SMILES string of the molecule is COc1cc(C=NOCC(=O)Nc2ccc(Cl)cc2)ccc1OCc1ccc(F)cc1. The molecule has 0 fully saturated rings. The maximum Gasteiger partial charge on any atom is 0.265 e. The second kappa shape index (κ2) is 11.0. The smallest absolute Gasteiger partial charge is 0.265 e. The van der Waals surface area contributed by atoms with E-state index in [4.69, 9.17) is 25.9 Å². The lowest BCUT2D eigenvalue weighted by atomic mass is 10.2. The lowest BCUT2D eigenvalue weighted by Gasteiger charge is -2.11. The molecule has 8 heteroatoms. The number of amides is 1. The summed E-state index contributed by atoms with van der Waals surface area (Å²) in [6, 6.07) is 18.0. The molecule has 1 amide bonds. The van der Waals surface area contributed by atoms with Crippen molar-refractivity contribution in [1.82, 2.24) is 0 Å². The molecule has 0 unspecified atom stereocenters. The molecule has 0 radical (unpaired) electrons. The van der Waals surface area contributed by atoms with Crippen molar-refractivity contribution in [3.8, 4) is 11.5 Å². The summed E-state index contributed by atoms with van der Waals surface area (Å²) in [4.78, 5) is 16.9. The number of benzene rings is 3. The first-order chi connectivity index (χ1) is 15.0. The zero-order valence-electron chi connectivity index (χ0n) is 16.7. The minimum absolute atomic E-state index is 0.241. The molecule has 1 N–H and O–H groups in total. The minimum Gasteiger partial charge on any atom is -0.493 e. The van der Waals surface area contributed by atoms with Crippen LogP contribution in [0.3, 0.4) is 0 Å². The third kappa shape index (κ3) is 7.01. The van der Waals surface area contributed by atoms with Gasteiger partial charge in [0.15, 0.2) is 18.1 Å². The number of ether oxygens (including phenoxy) is 2. The van der Waals surface area contributed by atoms with Gasteiger partial charge in [-0.25, -0.2) is 4.39 Å². The Morgan fingerprint density at radius 3 is 2.52 bits per heavy atom. The van der Waals surface area contributed by atoms with E-state index in [-0.39, 0.29) is 24.9 Å². The van der Waals surface area contributed by atoms with Crippen LogP contribution < -0.4 is 14.8 Å². The van der Waals surface area contributed by atoms with Gasteiger partial charge >= 0.3 is 0 Å². The molecule has 6 nitrogen and oxygen atoms in total.